The minimum absolute atomic E-state index is 0.424. The fourth-order valence-corrected chi connectivity index (χ4v) is 3.16. The van der Waals surface area contributed by atoms with Crippen LogP contribution in [-0.2, 0) is 4.74 Å². The van der Waals surface area contributed by atoms with Crippen LogP contribution in [0, 0.1) is 0 Å². The van der Waals surface area contributed by atoms with Gasteiger partial charge in [-0.05, 0) is 30.7 Å². The van der Waals surface area contributed by atoms with Gasteiger partial charge in [-0.3, -0.25) is 0 Å². The second-order valence-electron chi connectivity index (χ2n) is 7.26. The average Bonchev–Trinajstić information content (AvgIpc) is 2.71. The standard InChI is InChI=1S/C21H34O7/c1-2-3-4-5-6-7-8-13-26-15-9-11-16(12-10-15)27-21-20(25)19(24)18(23)17(14-22)28-21/h9-12,17-25H,2-8,13-14H2,1H3/t17-,18-,19+,20-,21-/m1/s1. The van der Waals surface area contributed by atoms with Gasteiger partial charge in [0.1, 0.15) is 35.9 Å². The van der Waals surface area contributed by atoms with Gasteiger partial charge in [-0.2, -0.15) is 0 Å². The highest BCUT2D eigenvalue weighted by Crippen LogP contribution is 2.25. The molecule has 1 aliphatic heterocycles. The van der Waals surface area contributed by atoms with Crippen LogP contribution in [0.2, 0.25) is 0 Å². The molecule has 1 fully saturated rings. The first kappa shape index (κ1) is 22.9. The van der Waals surface area contributed by atoms with E-state index in [9.17, 15) is 20.4 Å². The van der Waals surface area contributed by atoms with E-state index in [1.54, 1.807) is 24.3 Å². The first-order chi connectivity index (χ1) is 13.6. The van der Waals surface area contributed by atoms with Crippen molar-refractivity contribution in [2.24, 2.45) is 0 Å². The number of rotatable bonds is 12. The predicted molar refractivity (Wildman–Crippen MR) is 104 cm³/mol. The van der Waals surface area contributed by atoms with Crippen LogP contribution in [0.1, 0.15) is 51.9 Å². The van der Waals surface area contributed by atoms with Gasteiger partial charge < -0.3 is 34.6 Å². The minimum atomic E-state index is -1.46. The van der Waals surface area contributed by atoms with Crippen LogP contribution in [0.5, 0.6) is 11.5 Å². The SMILES string of the molecule is CCCCCCCCCOc1ccc(O[C@@H]2O[C@H](CO)[C@@H](O)[C@H](O)[C@H]2O)cc1. The van der Waals surface area contributed by atoms with E-state index in [0.29, 0.717) is 12.4 Å². The van der Waals surface area contributed by atoms with Crippen molar-refractivity contribution in [2.45, 2.75) is 82.6 Å². The Morgan fingerprint density at radius 1 is 0.821 bits per heavy atom. The Morgan fingerprint density at radius 3 is 2.07 bits per heavy atom. The third-order valence-corrected chi connectivity index (χ3v) is 4.94. The summed E-state index contributed by atoms with van der Waals surface area (Å²) < 4.78 is 16.6. The van der Waals surface area contributed by atoms with Gasteiger partial charge in [0.2, 0.25) is 6.29 Å². The van der Waals surface area contributed by atoms with Crippen molar-refractivity contribution in [1.29, 1.82) is 0 Å². The van der Waals surface area contributed by atoms with Crippen LogP contribution in [0.25, 0.3) is 0 Å². The molecule has 7 heteroatoms. The Kier molecular flexibility index (Phi) is 10.0. The molecule has 1 aromatic carbocycles. The van der Waals surface area contributed by atoms with E-state index in [-0.39, 0.29) is 0 Å². The molecule has 1 saturated heterocycles. The van der Waals surface area contributed by atoms with E-state index in [0.717, 1.165) is 12.2 Å². The third kappa shape index (κ3) is 6.90. The predicted octanol–water partition coefficient (Wildman–Crippen LogP) is 1.99. The smallest absolute Gasteiger partial charge is 0.229 e. The lowest BCUT2D eigenvalue weighted by atomic mass is 9.99. The van der Waals surface area contributed by atoms with Gasteiger partial charge in [-0.15, -0.1) is 0 Å². The number of hydrogen-bond donors (Lipinski definition) is 4. The summed E-state index contributed by atoms with van der Waals surface area (Å²) in [5.74, 6) is 1.15. The molecule has 1 aromatic rings. The summed E-state index contributed by atoms with van der Waals surface area (Å²) >= 11 is 0. The summed E-state index contributed by atoms with van der Waals surface area (Å²) in [6, 6.07) is 6.89. The number of benzene rings is 1. The van der Waals surface area contributed by atoms with Gasteiger partial charge in [0.15, 0.2) is 0 Å². The van der Waals surface area contributed by atoms with Gasteiger partial charge in [-0.25, -0.2) is 0 Å². The lowest BCUT2D eigenvalue weighted by molar-refractivity contribution is -0.277. The third-order valence-electron chi connectivity index (χ3n) is 4.94. The summed E-state index contributed by atoms with van der Waals surface area (Å²) in [5.41, 5.74) is 0. The zero-order valence-corrected chi connectivity index (χ0v) is 16.6. The maximum Gasteiger partial charge on any atom is 0.229 e. The Balaban J connectivity index is 1.72. The Morgan fingerprint density at radius 2 is 1.43 bits per heavy atom. The highest BCUT2D eigenvalue weighted by molar-refractivity contribution is 5.31. The molecular formula is C21H34O7. The van der Waals surface area contributed by atoms with Crippen LogP contribution >= 0.6 is 0 Å². The highest BCUT2D eigenvalue weighted by atomic mass is 16.7. The summed E-state index contributed by atoms with van der Waals surface area (Å²) in [5, 5.41) is 38.8. The van der Waals surface area contributed by atoms with Gasteiger partial charge in [0.05, 0.1) is 13.2 Å². The van der Waals surface area contributed by atoms with Crippen LogP contribution in [0.4, 0.5) is 0 Å². The van der Waals surface area contributed by atoms with E-state index in [2.05, 4.69) is 6.92 Å². The van der Waals surface area contributed by atoms with E-state index in [4.69, 9.17) is 14.2 Å². The molecule has 4 N–H and O–H groups in total. The summed E-state index contributed by atoms with van der Waals surface area (Å²) in [7, 11) is 0. The lowest BCUT2D eigenvalue weighted by Crippen LogP contribution is -2.60. The van der Waals surface area contributed by atoms with Crippen molar-refractivity contribution < 1.29 is 34.6 Å². The normalized spacial score (nSPS) is 27.5. The summed E-state index contributed by atoms with van der Waals surface area (Å²) in [4.78, 5) is 0. The van der Waals surface area contributed by atoms with Gasteiger partial charge in [0.25, 0.3) is 0 Å². The number of unbranched alkanes of at least 4 members (excludes halogenated alkanes) is 6. The van der Waals surface area contributed by atoms with Crippen LogP contribution < -0.4 is 9.47 Å². The van der Waals surface area contributed by atoms with Crippen LogP contribution in [0.15, 0.2) is 24.3 Å². The monoisotopic (exact) mass is 398 g/mol. The molecule has 28 heavy (non-hydrogen) atoms. The fourth-order valence-electron chi connectivity index (χ4n) is 3.16. The molecule has 7 nitrogen and oxygen atoms in total. The number of hydrogen-bond acceptors (Lipinski definition) is 7. The summed E-state index contributed by atoms with van der Waals surface area (Å²) in [6.45, 7) is 2.39. The average molecular weight is 398 g/mol. The zero-order chi connectivity index (χ0) is 20.4. The van der Waals surface area contributed by atoms with Gasteiger partial charge in [0, 0.05) is 0 Å². The number of aliphatic hydroxyl groups is 4. The topological polar surface area (TPSA) is 109 Å². The molecule has 2 rings (SSSR count). The summed E-state index contributed by atoms with van der Waals surface area (Å²) in [6.07, 6.45) is 2.15. The molecule has 1 aliphatic rings. The van der Waals surface area contributed by atoms with Crippen LogP contribution in [0.3, 0.4) is 0 Å². The molecule has 0 amide bonds. The molecular weight excluding hydrogens is 364 g/mol. The molecule has 160 valence electrons. The first-order valence-corrected chi connectivity index (χ1v) is 10.3. The Bertz CT molecular complexity index is 534. The second-order valence-corrected chi connectivity index (χ2v) is 7.26. The largest absolute Gasteiger partial charge is 0.494 e. The van der Waals surface area contributed by atoms with E-state index < -0.39 is 37.3 Å². The van der Waals surface area contributed by atoms with Crippen molar-refractivity contribution in [3.05, 3.63) is 24.3 Å². The first-order valence-electron chi connectivity index (χ1n) is 10.3. The van der Waals surface area contributed by atoms with E-state index >= 15 is 0 Å². The number of aliphatic hydroxyl groups excluding tert-OH is 4. The Hall–Kier alpha value is -1.38. The molecule has 0 bridgehead atoms. The zero-order valence-electron chi connectivity index (χ0n) is 16.6. The van der Waals surface area contributed by atoms with E-state index in [1.165, 1.54) is 38.5 Å². The number of ether oxygens (including phenoxy) is 3. The highest BCUT2D eigenvalue weighted by Gasteiger charge is 2.44. The molecule has 0 radical (unpaired) electrons. The minimum Gasteiger partial charge on any atom is -0.494 e. The lowest BCUT2D eigenvalue weighted by Gasteiger charge is -2.39. The quantitative estimate of drug-likeness (QED) is 0.399. The van der Waals surface area contributed by atoms with Crippen molar-refractivity contribution in [3.63, 3.8) is 0 Å². The van der Waals surface area contributed by atoms with Gasteiger partial charge in [-0.1, -0.05) is 45.4 Å². The van der Waals surface area contributed by atoms with Crippen molar-refractivity contribution in [1.82, 2.24) is 0 Å². The van der Waals surface area contributed by atoms with E-state index in [1.807, 2.05) is 0 Å². The second kappa shape index (κ2) is 12.2. The molecule has 0 saturated carbocycles. The molecule has 5 atom stereocenters. The van der Waals surface area contributed by atoms with Crippen molar-refractivity contribution >= 4 is 0 Å². The molecule has 0 unspecified atom stereocenters. The van der Waals surface area contributed by atoms with Gasteiger partial charge >= 0.3 is 0 Å². The molecule has 0 spiro atoms. The molecule has 0 aromatic heterocycles. The molecule has 0 aliphatic carbocycles. The molecule has 1 heterocycles. The maximum atomic E-state index is 10.0. The Labute approximate surface area is 166 Å². The van der Waals surface area contributed by atoms with Crippen LogP contribution in [-0.4, -0.2) is 64.3 Å². The van der Waals surface area contributed by atoms with Crippen molar-refractivity contribution in [2.75, 3.05) is 13.2 Å². The maximum absolute atomic E-state index is 10.0. The fraction of sp³-hybridized carbons (Fsp3) is 0.714. The van der Waals surface area contributed by atoms with Crippen molar-refractivity contribution in [3.8, 4) is 11.5 Å².